The lowest BCUT2D eigenvalue weighted by Crippen LogP contribution is -2.42. The number of methoxy groups -OCH3 is 2. The number of benzene rings is 3. The van der Waals surface area contributed by atoms with Crippen LogP contribution in [0.3, 0.4) is 0 Å². The lowest BCUT2D eigenvalue weighted by Gasteiger charge is -2.26. The summed E-state index contributed by atoms with van der Waals surface area (Å²) in [5.41, 5.74) is 1.88. The van der Waals surface area contributed by atoms with Crippen molar-refractivity contribution in [3.05, 3.63) is 81.8 Å². The van der Waals surface area contributed by atoms with Gasteiger partial charge in [0.15, 0.2) is 11.5 Å². The van der Waals surface area contributed by atoms with Crippen LogP contribution in [0.5, 0.6) is 11.5 Å². The second-order valence-corrected chi connectivity index (χ2v) is 10.8. The number of hydrogen-bond acceptors (Lipinski definition) is 5. The molecule has 36 heavy (non-hydrogen) atoms. The molecule has 0 aliphatic rings. The summed E-state index contributed by atoms with van der Waals surface area (Å²) in [4.78, 5) is 13.3. The molecule has 10 heteroatoms. The Kier molecular flexibility index (Phi) is 9.11. The van der Waals surface area contributed by atoms with Crippen LogP contribution in [0.1, 0.15) is 30.5 Å². The molecular formula is C26H28Cl2N2O5S. The number of rotatable bonds is 10. The zero-order chi connectivity index (χ0) is 26.5. The van der Waals surface area contributed by atoms with E-state index in [1.165, 1.54) is 37.4 Å². The quantitative estimate of drug-likeness (QED) is 0.345. The highest BCUT2D eigenvalue weighted by Crippen LogP contribution is 2.32. The molecule has 3 aromatic rings. The van der Waals surface area contributed by atoms with Gasteiger partial charge in [-0.15, -0.1) is 0 Å². The molecule has 0 radical (unpaired) electrons. The number of carbonyl (C=O) groups is 1. The summed E-state index contributed by atoms with van der Waals surface area (Å²) >= 11 is 12.3. The van der Waals surface area contributed by atoms with Gasteiger partial charge < -0.3 is 14.8 Å². The van der Waals surface area contributed by atoms with Gasteiger partial charge in [-0.25, -0.2) is 8.42 Å². The predicted octanol–water partition coefficient (Wildman–Crippen LogP) is 5.78. The van der Waals surface area contributed by atoms with Gasteiger partial charge in [-0.2, -0.15) is 0 Å². The molecule has 3 aromatic carbocycles. The highest BCUT2D eigenvalue weighted by atomic mass is 35.5. The number of halogens is 2. The van der Waals surface area contributed by atoms with Gasteiger partial charge in [0.05, 0.1) is 30.8 Å². The fraction of sp³-hybridized carbons (Fsp3) is 0.269. The van der Waals surface area contributed by atoms with E-state index in [4.69, 9.17) is 32.7 Å². The van der Waals surface area contributed by atoms with Crippen molar-refractivity contribution in [2.75, 3.05) is 25.1 Å². The standard InChI is InChI=1S/C26H28Cl2N2O5S/c1-5-23(18-8-11-24(34-3)25(12-18)35-4)29-26(31)16-30(21-14-19(27)13-20(28)15-21)36(32,33)22-9-6-17(2)7-10-22/h6-15,23H,5,16H2,1-4H3,(H,29,31). The van der Waals surface area contributed by atoms with Crippen molar-refractivity contribution < 1.29 is 22.7 Å². The first-order valence-electron chi connectivity index (χ1n) is 11.2. The van der Waals surface area contributed by atoms with Crippen molar-refractivity contribution in [3.63, 3.8) is 0 Å². The zero-order valence-corrected chi connectivity index (χ0v) is 22.7. The van der Waals surface area contributed by atoms with Gasteiger partial charge in [-0.3, -0.25) is 9.10 Å². The van der Waals surface area contributed by atoms with E-state index in [1.54, 1.807) is 31.4 Å². The Balaban J connectivity index is 1.94. The van der Waals surface area contributed by atoms with Crippen molar-refractivity contribution in [1.82, 2.24) is 5.32 Å². The summed E-state index contributed by atoms with van der Waals surface area (Å²) < 4.78 is 38.9. The minimum Gasteiger partial charge on any atom is -0.493 e. The van der Waals surface area contributed by atoms with Crippen LogP contribution in [0.2, 0.25) is 10.0 Å². The lowest BCUT2D eigenvalue weighted by atomic mass is 10.0. The highest BCUT2D eigenvalue weighted by Gasteiger charge is 2.28. The lowest BCUT2D eigenvalue weighted by molar-refractivity contribution is -0.120. The van der Waals surface area contributed by atoms with E-state index < -0.39 is 22.5 Å². The normalized spacial score (nSPS) is 12.1. The Morgan fingerprint density at radius 3 is 2.11 bits per heavy atom. The van der Waals surface area contributed by atoms with E-state index in [1.807, 2.05) is 19.9 Å². The molecular weight excluding hydrogens is 523 g/mol. The number of anilines is 1. The zero-order valence-electron chi connectivity index (χ0n) is 20.4. The first-order chi connectivity index (χ1) is 17.1. The molecule has 0 saturated heterocycles. The molecule has 3 rings (SSSR count). The number of nitrogens with zero attached hydrogens (tertiary/aromatic N) is 1. The second-order valence-electron chi connectivity index (χ2n) is 8.10. The molecule has 1 unspecified atom stereocenters. The summed E-state index contributed by atoms with van der Waals surface area (Å²) in [6.45, 7) is 3.30. The fourth-order valence-electron chi connectivity index (χ4n) is 3.70. The molecule has 0 aliphatic heterocycles. The van der Waals surface area contributed by atoms with Crippen molar-refractivity contribution in [1.29, 1.82) is 0 Å². The SMILES string of the molecule is CCC(NC(=O)CN(c1cc(Cl)cc(Cl)c1)S(=O)(=O)c1ccc(C)cc1)c1ccc(OC)c(OC)c1. The molecule has 0 bridgehead atoms. The van der Waals surface area contributed by atoms with Crippen molar-refractivity contribution >= 4 is 44.8 Å². The third kappa shape index (κ3) is 6.43. The summed E-state index contributed by atoms with van der Waals surface area (Å²) in [5.74, 6) is 0.596. The molecule has 0 saturated carbocycles. The maximum absolute atomic E-state index is 13.6. The van der Waals surface area contributed by atoms with Crippen LogP contribution < -0.4 is 19.1 Å². The van der Waals surface area contributed by atoms with Crippen LogP contribution in [0.25, 0.3) is 0 Å². The third-order valence-corrected chi connectivity index (χ3v) is 7.81. The number of carbonyl (C=O) groups excluding carboxylic acids is 1. The average molecular weight is 551 g/mol. The second kappa shape index (κ2) is 11.9. The van der Waals surface area contributed by atoms with Gasteiger partial charge in [-0.05, 0) is 61.4 Å². The molecule has 7 nitrogen and oxygen atoms in total. The number of amides is 1. The van der Waals surface area contributed by atoms with Crippen LogP contribution in [0, 0.1) is 6.92 Å². The first-order valence-corrected chi connectivity index (χ1v) is 13.4. The Bertz CT molecular complexity index is 1310. The fourth-order valence-corrected chi connectivity index (χ4v) is 5.62. The van der Waals surface area contributed by atoms with Crippen molar-refractivity contribution in [3.8, 4) is 11.5 Å². The molecule has 0 aromatic heterocycles. The Morgan fingerprint density at radius 2 is 1.56 bits per heavy atom. The van der Waals surface area contributed by atoms with Gasteiger partial charge in [0.1, 0.15) is 6.54 Å². The molecule has 192 valence electrons. The Hall–Kier alpha value is -2.94. The monoisotopic (exact) mass is 550 g/mol. The summed E-state index contributed by atoms with van der Waals surface area (Å²) in [5, 5.41) is 3.42. The Morgan fingerprint density at radius 1 is 0.944 bits per heavy atom. The van der Waals surface area contributed by atoms with E-state index in [0.717, 1.165) is 15.4 Å². The molecule has 0 heterocycles. The predicted molar refractivity (Wildman–Crippen MR) is 143 cm³/mol. The topological polar surface area (TPSA) is 84.9 Å². The highest BCUT2D eigenvalue weighted by molar-refractivity contribution is 7.92. The molecule has 0 spiro atoms. The van der Waals surface area contributed by atoms with Crippen LogP contribution in [0.4, 0.5) is 5.69 Å². The van der Waals surface area contributed by atoms with E-state index >= 15 is 0 Å². The van der Waals surface area contributed by atoms with Gasteiger partial charge >= 0.3 is 0 Å². The Labute approximate surface area is 222 Å². The maximum atomic E-state index is 13.6. The number of sulfonamides is 1. The number of hydrogen-bond donors (Lipinski definition) is 1. The summed E-state index contributed by atoms with van der Waals surface area (Å²) in [6, 6.07) is 15.8. The van der Waals surface area contributed by atoms with Crippen LogP contribution >= 0.6 is 23.2 Å². The summed E-state index contributed by atoms with van der Waals surface area (Å²) in [7, 11) is -1.03. The third-order valence-electron chi connectivity index (χ3n) is 5.58. The average Bonchev–Trinajstić information content (AvgIpc) is 2.85. The van der Waals surface area contributed by atoms with E-state index in [-0.39, 0.29) is 26.7 Å². The van der Waals surface area contributed by atoms with E-state index in [2.05, 4.69) is 5.32 Å². The first kappa shape index (κ1) is 27.6. The molecule has 1 amide bonds. The molecule has 1 N–H and O–H groups in total. The number of aryl methyl sites for hydroxylation is 1. The van der Waals surface area contributed by atoms with Gasteiger partial charge in [0.2, 0.25) is 5.91 Å². The van der Waals surface area contributed by atoms with Crippen molar-refractivity contribution in [2.45, 2.75) is 31.2 Å². The minimum absolute atomic E-state index is 0.0453. The number of nitrogens with one attached hydrogen (secondary N) is 1. The summed E-state index contributed by atoms with van der Waals surface area (Å²) in [6.07, 6.45) is 0.564. The number of ether oxygens (including phenoxy) is 2. The minimum atomic E-state index is -4.11. The largest absolute Gasteiger partial charge is 0.493 e. The van der Waals surface area contributed by atoms with Crippen LogP contribution in [-0.4, -0.2) is 35.1 Å². The van der Waals surface area contributed by atoms with Gasteiger partial charge in [0, 0.05) is 10.0 Å². The van der Waals surface area contributed by atoms with Gasteiger partial charge in [0.25, 0.3) is 10.0 Å². The van der Waals surface area contributed by atoms with Gasteiger partial charge in [-0.1, -0.05) is 53.9 Å². The molecule has 0 fully saturated rings. The van der Waals surface area contributed by atoms with E-state index in [9.17, 15) is 13.2 Å². The van der Waals surface area contributed by atoms with Crippen LogP contribution in [0.15, 0.2) is 65.6 Å². The molecule has 0 aliphatic carbocycles. The van der Waals surface area contributed by atoms with Crippen LogP contribution in [-0.2, 0) is 14.8 Å². The van der Waals surface area contributed by atoms with E-state index in [0.29, 0.717) is 17.9 Å². The molecule has 1 atom stereocenters. The maximum Gasteiger partial charge on any atom is 0.264 e. The van der Waals surface area contributed by atoms with Crippen molar-refractivity contribution in [2.24, 2.45) is 0 Å². The smallest absolute Gasteiger partial charge is 0.264 e.